The summed E-state index contributed by atoms with van der Waals surface area (Å²) in [5.41, 5.74) is 0.710. The molecular weight excluding hydrogens is 392 g/mol. The molecular formula is C12H15BrN4OS3. The van der Waals surface area contributed by atoms with Gasteiger partial charge in [-0.05, 0) is 46.4 Å². The molecule has 0 aromatic carbocycles. The van der Waals surface area contributed by atoms with Gasteiger partial charge >= 0.3 is 0 Å². The third-order valence-electron chi connectivity index (χ3n) is 2.69. The Morgan fingerprint density at radius 3 is 2.90 bits per heavy atom. The Labute approximate surface area is 144 Å². The standard InChI is InChI=1S/C12H15BrN4OS3/c1-19-11-9(12(20-2)21-16-11)10(18)14-4-3-5-17-7-8(13)6-15-17/h6-7H,3-5H2,1-2H3,(H,14,18). The van der Waals surface area contributed by atoms with Crippen molar-refractivity contribution in [2.24, 2.45) is 0 Å². The largest absolute Gasteiger partial charge is 0.352 e. The normalized spacial score (nSPS) is 10.8. The number of aromatic nitrogens is 3. The minimum atomic E-state index is -0.0425. The van der Waals surface area contributed by atoms with Gasteiger partial charge in [-0.25, -0.2) is 0 Å². The summed E-state index contributed by atoms with van der Waals surface area (Å²) in [4.78, 5) is 12.3. The second kappa shape index (κ2) is 8.21. The quantitative estimate of drug-likeness (QED) is 0.563. The number of halogens is 1. The van der Waals surface area contributed by atoms with Crippen molar-refractivity contribution >= 4 is 56.9 Å². The highest BCUT2D eigenvalue weighted by atomic mass is 79.9. The van der Waals surface area contributed by atoms with Gasteiger partial charge in [-0.15, -0.1) is 23.5 Å². The van der Waals surface area contributed by atoms with Crippen LogP contribution in [0, 0.1) is 0 Å². The predicted octanol–water partition coefficient (Wildman–Crippen LogP) is 3.37. The molecule has 2 rings (SSSR count). The molecule has 0 atom stereocenters. The smallest absolute Gasteiger partial charge is 0.256 e. The number of carbonyl (C=O) groups excluding carboxylic acids is 1. The van der Waals surface area contributed by atoms with E-state index >= 15 is 0 Å². The van der Waals surface area contributed by atoms with Crippen molar-refractivity contribution in [3.8, 4) is 0 Å². The van der Waals surface area contributed by atoms with Gasteiger partial charge in [0, 0.05) is 19.3 Å². The molecule has 0 aliphatic rings. The summed E-state index contributed by atoms with van der Waals surface area (Å²) in [6, 6.07) is 0. The highest BCUT2D eigenvalue weighted by Gasteiger charge is 2.19. The molecule has 1 N–H and O–H groups in total. The number of aryl methyl sites for hydroxylation is 1. The van der Waals surface area contributed by atoms with Crippen molar-refractivity contribution in [3.05, 3.63) is 22.4 Å². The molecule has 0 aliphatic carbocycles. The van der Waals surface area contributed by atoms with E-state index in [1.807, 2.05) is 23.4 Å². The molecule has 0 aliphatic heterocycles. The first-order valence-corrected chi connectivity index (χ1v) is 10.2. The fourth-order valence-corrected chi connectivity index (χ4v) is 4.33. The lowest BCUT2D eigenvalue weighted by Crippen LogP contribution is -2.25. The summed E-state index contributed by atoms with van der Waals surface area (Å²) in [7, 11) is 0. The zero-order valence-electron chi connectivity index (χ0n) is 11.6. The molecule has 0 radical (unpaired) electrons. The number of hydrogen-bond acceptors (Lipinski definition) is 6. The highest BCUT2D eigenvalue weighted by Crippen LogP contribution is 2.32. The Balaban J connectivity index is 1.85. The zero-order chi connectivity index (χ0) is 15.2. The summed E-state index contributed by atoms with van der Waals surface area (Å²) in [6.07, 6.45) is 8.41. The van der Waals surface area contributed by atoms with Gasteiger partial charge in [-0.1, -0.05) is 0 Å². The lowest BCUT2D eigenvalue weighted by atomic mass is 10.3. The lowest BCUT2D eigenvalue weighted by molar-refractivity contribution is 0.0947. The molecule has 2 aromatic heterocycles. The first-order chi connectivity index (χ1) is 10.2. The molecule has 0 saturated heterocycles. The van der Waals surface area contributed by atoms with Crippen LogP contribution in [0.3, 0.4) is 0 Å². The molecule has 9 heteroatoms. The van der Waals surface area contributed by atoms with Crippen LogP contribution >= 0.6 is 51.0 Å². The molecule has 21 heavy (non-hydrogen) atoms. The SMILES string of the molecule is CSc1nsc(SC)c1C(=O)NCCCn1cc(Br)cn1. The first kappa shape index (κ1) is 16.9. The van der Waals surface area contributed by atoms with Crippen LogP contribution in [0.1, 0.15) is 16.8 Å². The molecule has 2 heterocycles. The van der Waals surface area contributed by atoms with Gasteiger partial charge in [0.05, 0.1) is 20.4 Å². The number of carbonyl (C=O) groups is 1. The molecule has 5 nitrogen and oxygen atoms in total. The van der Waals surface area contributed by atoms with Crippen molar-refractivity contribution in [1.29, 1.82) is 0 Å². The Bertz CT molecular complexity index is 592. The maximum Gasteiger partial charge on any atom is 0.256 e. The Morgan fingerprint density at radius 2 is 2.29 bits per heavy atom. The molecule has 0 bridgehead atoms. The Kier molecular flexibility index (Phi) is 6.59. The summed E-state index contributed by atoms with van der Waals surface area (Å²) in [6.45, 7) is 1.40. The first-order valence-electron chi connectivity index (χ1n) is 6.19. The number of thioether (sulfide) groups is 2. The fourth-order valence-electron chi connectivity index (χ4n) is 1.72. The van der Waals surface area contributed by atoms with Crippen LogP contribution in [0.25, 0.3) is 0 Å². The Hall–Kier alpha value is -0.510. The number of amides is 1. The Morgan fingerprint density at radius 1 is 1.48 bits per heavy atom. The van der Waals surface area contributed by atoms with Crippen molar-refractivity contribution in [1.82, 2.24) is 19.5 Å². The average Bonchev–Trinajstić information content (AvgIpc) is 3.08. The van der Waals surface area contributed by atoms with Crippen molar-refractivity contribution in [2.75, 3.05) is 19.1 Å². The van der Waals surface area contributed by atoms with Gasteiger partial charge < -0.3 is 5.32 Å². The number of rotatable bonds is 7. The highest BCUT2D eigenvalue weighted by molar-refractivity contribution is 9.10. The van der Waals surface area contributed by atoms with Crippen LogP contribution < -0.4 is 5.32 Å². The van der Waals surface area contributed by atoms with E-state index in [0.29, 0.717) is 12.1 Å². The fraction of sp³-hybridized carbons (Fsp3) is 0.417. The number of hydrogen-bond donors (Lipinski definition) is 1. The average molecular weight is 407 g/mol. The number of nitrogens with one attached hydrogen (secondary N) is 1. The van der Waals surface area contributed by atoms with E-state index < -0.39 is 0 Å². The minimum Gasteiger partial charge on any atom is -0.352 e. The predicted molar refractivity (Wildman–Crippen MR) is 92.6 cm³/mol. The van der Waals surface area contributed by atoms with Crippen LogP contribution in [0.2, 0.25) is 0 Å². The summed E-state index contributed by atoms with van der Waals surface area (Å²) in [5.74, 6) is -0.0425. The third kappa shape index (κ3) is 4.48. The summed E-state index contributed by atoms with van der Waals surface area (Å²) < 4.78 is 8.09. The van der Waals surface area contributed by atoms with E-state index in [1.165, 1.54) is 23.3 Å². The van der Waals surface area contributed by atoms with Gasteiger partial charge in [-0.3, -0.25) is 9.48 Å². The molecule has 1 amide bonds. The lowest BCUT2D eigenvalue weighted by Gasteiger charge is -2.06. The zero-order valence-corrected chi connectivity index (χ0v) is 15.7. The van der Waals surface area contributed by atoms with Crippen LogP contribution in [0.5, 0.6) is 0 Å². The summed E-state index contributed by atoms with van der Waals surface area (Å²) in [5, 5.41) is 7.94. The molecule has 0 saturated carbocycles. The van der Waals surface area contributed by atoms with Gasteiger partial charge in [0.1, 0.15) is 5.03 Å². The second-order valence-electron chi connectivity index (χ2n) is 4.09. The molecule has 0 unspecified atom stereocenters. The van der Waals surface area contributed by atoms with Crippen LogP contribution in [0.15, 0.2) is 26.1 Å². The van der Waals surface area contributed by atoms with Crippen molar-refractivity contribution in [3.63, 3.8) is 0 Å². The molecule has 2 aromatic rings. The maximum atomic E-state index is 12.3. The van der Waals surface area contributed by atoms with Crippen molar-refractivity contribution in [2.45, 2.75) is 22.2 Å². The van der Waals surface area contributed by atoms with E-state index in [1.54, 1.807) is 18.0 Å². The van der Waals surface area contributed by atoms with Gasteiger partial charge in [0.25, 0.3) is 5.91 Å². The molecule has 0 fully saturated rings. The third-order valence-corrected chi connectivity index (χ3v) is 5.84. The monoisotopic (exact) mass is 406 g/mol. The van der Waals surface area contributed by atoms with E-state index in [2.05, 4.69) is 30.7 Å². The van der Waals surface area contributed by atoms with E-state index in [0.717, 1.165) is 26.7 Å². The minimum absolute atomic E-state index is 0.0425. The second-order valence-corrected chi connectivity index (χ2v) is 7.65. The van der Waals surface area contributed by atoms with Crippen LogP contribution in [-0.2, 0) is 6.54 Å². The van der Waals surface area contributed by atoms with Crippen LogP contribution in [0.4, 0.5) is 0 Å². The number of nitrogens with zero attached hydrogens (tertiary/aromatic N) is 3. The van der Waals surface area contributed by atoms with Gasteiger partial charge in [-0.2, -0.15) is 9.47 Å². The van der Waals surface area contributed by atoms with Crippen LogP contribution in [-0.4, -0.2) is 39.1 Å². The van der Waals surface area contributed by atoms with Gasteiger partial charge in [0.15, 0.2) is 0 Å². The van der Waals surface area contributed by atoms with Gasteiger partial charge in [0.2, 0.25) is 0 Å². The van der Waals surface area contributed by atoms with Crippen molar-refractivity contribution < 1.29 is 4.79 Å². The molecule has 0 spiro atoms. The van der Waals surface area contributed by atoms with E-state index in [4.69, 9.17) is 0 Å². The maximum absolute atomic E-state index is 12.3. The topological polar surface area (TPSA) is 59.8 Å². The van der Waals surface area contributed by atoms with E-state index in [9.17, 15) is 4.79 Å². The molecule has 114 valence electrons. The van der Waals surface area contributed by atoms with E-state index in [-0.39, 0.29) is 5.91 Å². The summed E-state index contributed by atoms with van der Waals surface area (Å²) >= 11 is 7.80.